The molecular formula is C23H26N6O2S. The number of hydrogen-bond donors (Lipinski definition) is 2. The van der Waals surface area contributed by atoms with E-state index in [9.17, 15) is 9.59 Å². The zero-order chi connectivity index (χ0) is 22.8. The number of nitrogens with two attached hydrogens (primary N) is 1. The molecule has 1 atom stereocenters. The molecule has 0 aliphatic carbocycles. The van der Waals surface area contributed by atoms with Crippen LogP contribution in [-0.4, -0.2) is 33.1 Å². The van der Waals surface area contributed by atoms with Crippen LogP contribution in [0.1, 0.15) is 31.2 Å². The number of hydrogen-bond acceptors (Lipinski definition) is 6. The maximum atomic E-state index is 12.9. The molecule has 3 N–H and O–H groups in total. The van der Waals surface area contributed by atoms with Crippen molar-refractivity contribution < 1.29 is 9.59 Å². The first-order valence-corrected chi connectivity index (χ1v) is 11.4. The summed E-state index contributed by atoms with van der Waals surface area (Å²) in [5, 5.41) is 11.1. The molecule has 8 nitrogen and oxygen atoms in total. The Kier molecular flexibility index (Phi) is 6.09. The number of benzene rings is 1. The normalized spacial score (nSPS) is 15.7. The monoisotopic (exact) mass is 450 g/mol. The van der Waals surface area contributed by atoms with Crippen LogP contribution in [0.2, 0.25) is 0 Å². The van der Waals surface area contributed by atoms with Crippen molar-refractivity contribution in [2.24, 2.45) is 10.8 Å². The van der Waals surface area contributed by atoms with Gasteiger partial charge in [-0.15, -0.1) is 11.3 Å². The molecule has 0 spiro atoms. The number of para-hydroxylation sites is 1. The van der Waals surface area contributed by atoms with Crippen molar-refractivity contribution in [2.75, 3.05) is 10.3 Å². The third-order valence-electron chi connectivity index (χ3n) is 5.54. The molecule has 166 valence electrons. The van der Waals surface area contributed by atoms with Crippen LogP contribution in [-0.2, 0) is 16.1 Å². The predicted octanol–water partition coefficient (Wildman–Crippen LogP) is 3.70. The SMILES string of the molecule is CCCn1c(C)cc(-c2csc(NC(=O)C3=NN(c4ccccc4)[C@@H](C(N)=O)C3)n2)c1C. The first-order chi connectivity index (χ1) is 15.4. The molecule has 9 heteroatoms. The number of thiazole rings is 1. The molecule has 32 heavy (non-hydrogen) atoms. The highest BCUT2D eigenvalue weighted by molar-refractivity contribution is 7.14. The first kappa shape index (κ1) is 21.8. The third-order valence-corrected chi connectivity index (χ3v) is 6.30. The summed E-state index contributed by atoms with van der Waals surface area (Å²) in [5.74, 6) is -0.911. The van der Waals surface area contributed by atoms with E-state index in [1.54, 1.807) is 0 Å². The second kappa shape index (κ2) is 8.96. The fourth-order valence-corrected chi connectivity index (χ4v) is 4.65. The fourth-order valence-electron chi connectivity index (χ4n) is 3.94. The lowest BCUT2D eigenvalue weighted by atomic mass is 10.1. The van der Waals surface area contributed by atoms with Crippen molar-refractivity contribution in [3.63, 3.8) is 0 Å². The standard InChI is InChI=1S/C23H26N6O2S/c1-4-10-28-14(2)11-17(15(28)3)19-13-32-23(25-19)26-22(31)18-12-20(21(24)30)29(27-18)16-8-6-5-7-9-16/h5-9,11,13,20H,4,10,12H2,1-3H3,(H2,24,30)(H,25,26,31)/t20-/m1/s1. The molecule has 0 saturated heterocycles. The summed E-state index contributed by atoms with van der Waals surface area (Å²) < 4.78 is 2.28. The van der Waals surface area contributed by atoms with Gasteiger partial charge in [0.25, 0.3) is 5.91 Å². The molecule has 2 amide bonds. The van der Waals surface area contributed by atoms with E-state index in [1.165, 1.54) is 22.0 Å². The Balaban J connectivity index is 1.52. The van der Waals surface area contributed by atoms with Gasteiger partial charge in [-0.25, -0.2) is 4.98 Å². The Labute approximate surface area is 190 Å². The lowest BCUT2D eigenvalue weighted by molar-refractivity contribution is -0.119. The number of aryl methyl sites for hydroxylation is 1. The average Bonchev–Trinajstić information content (AvgIpc) is 3.49. The molecule has 1 aliphatic heterocycles. The van der Waals surface area contributed by atoms with Crippen molar-refractivity contribution in [1.82, 2.24) is 9.55 Å². The second-order valence-corrected chi connectivity index (χ2v) is 8.64. The van der Waals surface area contributed by atoms with Crippen LogP contribution in [0.4, 0.5) is 10.8 Å². The minimum Gasteiger partial charge on any atom is -0.368 e. The van der Waals surface area contributed by atoms with Gasteiger partial charge in [0.1, 0.15) is 11.8 Å². The quantitative estimate of drug-likeness (QED) is 0.572. The number of nitrogens with one attached hydrogen (secondary N) is 1. The molecule has 0 unspecified atom stereocenters. The summed E-state index contributed by atoms with van der Waals surface area (Å²) in [4.78, 5) is 29.4. The maximum absolute atomic E-state index is 12.9. The van der Waals surface area contributed by atoms with Gasteiger partial charge in [0.2, 0.25) is 5.91 Å². The second-order valence-electron chi connectivity index (χ2n) is 7.78. The van der Waals surface area contributed by atoms with Gasteiger partial charge in [0.15, 0.2) is 5.13 Å². The molecule has 1 aromatic carbocycles. The van der Waals surface area contributed by atoms with Crippen LogP contribution in [0.3, 0.4) is 0 Å². The van der Waals surface area contributed by atoms with Crippen LogP contribution >= 0.6 is 11.3 Å². The van der Waals surface area contributed by atoms with Crippen LogP contribution in [0.25, 0.3) is 11.3 Å². The molecule has 3 heterocycles. The number of anilines is 2. The minimum absolute atomic E-state index is 0.145. The summed E-state index contributed by atoms with van der Waals surface area (Å²) in [5.41, 5.74) is 10.8. The van der Waals surface area contributed by atoms with Crippen molar-refractivity contribution in [2.45, 2.75) is 46.2 Å². The fraction of sp³-hybridized carbons (Fsp3) is 0.304. The molecule has 0 bridgehead atoms. The van der Waals surface area contributed by atoms with Gasteiger partial charge in [-0.3, -0.25) is 19.9 Å². The molecule has 0 saturated carbocycles. The number of hydrazone groups is 1. The molecular weight excluding hydrogens is 424 g/mol. The van der Waals surface area contributed by atoms with Crippen LogP contribution in [0, 0.1) is 13.8 Å². The average molecular weight is 451 g/mol. The topological polar surface area (TPSA) is 106 Å². The minimum atomic E-state index is -0.700. The molecule has 3 aromatic rings. The number of rotatable bonds is 7. The first-order valence-electron chi connectivity index (χ1n) is 10.5. The molecule has 0 fully saturated rings. The van der Waals surface area contributed by atoms with Gasteiger partial charge in [0, 0.05) is 35.3 Å². The lowest BCUT2D eigenvalue weighted by Gasteiger charge is -2.20. The summed E-state index contributed by atoms with van der Waals surface area (Å²) >= 11 is 1.36. The predicted molar refractivity (Wildman–Crippen MR) is 128 cm³/mol. The highest BCUT2D eigenvalue weighted by Crippen LogP contribution is 2.30. The van der Waals surface area contributed by atoms with E-state index in [-0.39, 0.29) is 18.0 Å². The van der Waals surface area contributed by atoms with E-state index in [2.05, 4.69) is 46.8 Å². The van der Waals surface area contributed by atoms with E-state index in [1.807, 2.05) is 35.7 Å². The summed E-state index contributed by atoms with van der Waals surface area (Å²) in [6, 6.07) is 10.6. The summed E-state index contributed by atoms with van der Waals surface area (Å²) in [6.07, 6.45) is 1.20. The Morgan fingerprint density at radius 1 is 1.25 bits per heavy atom. The Morgan fingerprint density at radius 3 is 2.69 bits per heavy atom. The summed E-state index contributed by atoms with van der Waals surface area (Å²) in [6.45, 7) is 7.30. The lowest BCUT2D eigenvalue weighted by Crippen LogP contribution is -2.39. The van der Waals surface area contributed by atoms with Crippen LogP contribution in [0.5, 0.6) is 0 Å². The van der Waals surface area contributed by atoms with Gasteiger partial charge >= 0.3 is 0 Å². The van der Waals surface area contributed by atoms with Gasteiger partial charge in [-0.1, -0.05) is 25.1 Å². The maximum Gasteiger partial charge on any atom is 0.273 e. The molecule has 1 aliphatic rings. The Hall–Kier alpha value is -3.46. The smallest absolute Gasteiger partial charge is 0.273 e. The zero-order valence-electron chi connectivity index (χ0n) is 18.3. The Bertz CT molecular complexity index is 1180. The van der Waals surface area contributed by atoms with Crippen molar-refractivity contribution in [3.05, 3.63) is 53.2 Å². The molecule has 0 radical (unpaired) electrons. The van der Waals surface area contributed by atoms with Gasteiger partial charge in [0.05, 0.1) is 11.4 Å². The van der Waals surface area contributed by atoms with E-state index in [0.717, 1.165) is 29.9 Å². The summed E-state index contributed by atoms with van der Waals surface area (Å²) in [7, 11) is 0. The number of primary amides is 1. The van der Waals surface area contributed by atoms with Gasteiger partial charge in [-0.2, -0.15) is 5.10 Å². The van der Waals surface area contributed by atoms with Crippen molar-refractivity contribution in [1.29, 1.82) is 0 Å². The molecule has 4 rings (SSSR count). The van der Waals surface area contributed by atoms with E-state index < -0.39 is 11.9 Å². The third kappa shape index (κ3) is 4.16. The highest BCUT2D eigenvalue weighted by Gasteiger charge is 2.35. The number of amides is 2. The zero-order valence-corrected chi connectivity index (χ0v) is 19.1. The van der Waals surface area contributed by atoms with Crippen molar-refractivity contribution >= 4 is 39.7 Å². The van der Waals surface area contributed by atoms with E-state index in [4.69, 9.17) is 5.73 Å². The van der Waals surface area contributed by atoms with Crippen molar-refractivity contribution in [3.8, 4) is 11.3 Å². The number of aromatic nitrogens is 2. The van der Waals surface area contributed by atoms with E-state index >= 15 is 0 Å². The van der Waals surface area contributed by atoms with Gasteiger partial charge in [-0.05, 0) is 38.5 Å². The number of carbonyl (C=O) groups excluding carboxylic acids is 2. The number of carbonyl (C=O) groups is 2. The number of nitrogens with zero attached hydrogens (tertiary/aromatic N) is 4. The highest BCUT2D eigenvalue weighted by atomic mass is 32.1. The van der Waals surface area contributed by atoms with Gasteiger partial charge < -0.3 is 10.3 Å². The Morgan fingerprint density at radius 2 is 2.00 bits per heavy atom. The molecule has 2 aromatic heterocycles. The largest absolute Gasteiger partial charge is 0.368 e. The van der Waals surface area contributed by atoms with E-state index in [0.29, 0.717) is 10.8 Å². The van der Waals surface area contributed by atoms with Crippen LogP contribution < -0.4 is 16.1 Å². The van der Waals surface area contributed by atoms with Crippen LogP contribution in [0.15, 0.2) is 46.9 Å².